The third kappa shape index (κ3) is 3.26. The van der Waals surface area contributed by atoms with Crippen LogP contribution in [0.25, 0.3) is 0 Å². The Bertz CT molecular complexity index is 468. The van der Waals surface area contributed by atoms with E-state index in [4.69, 9.17) is 5.26 Å². The number of pyridine rings is 1. The second-order valence-corrected chi connectivity index (χ2v) is 6.46. The lowest BCUT2D eigenvalue weighted by atomic mass is 9.77. The molecule has 2 heterocycles. The van der Waals surface area contributed by atoms with Gasteiger partial charge in [-0.1, -0.05) is 20.8 Å². The van der Waals surface area contributed by atoms with Crippen molar-refractivity contribution in [2.45, 2.75) is 40.0 Å². The van der Waals surface area contributed by atoms with Gasteiger partial charge in [-0.2, -0.15) is 5.26 Å². The van der Waals surface area contributed by atoms with Crippen LogP contribution in [0, 0.1) is 22.7 Å². The first-order valence-corrected chi connectivity index (χ1v) is 7.12. The first kappa shape index (κ1) is 13.9. The lowest BCUT2D eigenvalue weighted by Crippen LogP contribution is -2.26. The van der Waals surface area contributed by atoms with E-state index in [1.807, 2.05) is 12.1 Å². The third-order valence-corrected chi connectivity index (χ3v) is 4.19. The fourth-order valence-electron chi connectivity index (χ4n) is 2.94. The summed E-state index contributed by atoms with van der Waals surface area (Å²) >= 11 is 0. The van der Waals surface area contributed by atoms with E-state index < -0.39 is 0 Å². The van der Waals surface area contributed by atoms with Crippen LogP contribution in [0.1, 0.15) is 45.7 Å². The summed E-state index contributed by atoms with van der Waals surface area (Å²) in [5.74, 6) is 0.764. The summed E-state index contributed by atoms with van der Waals surface area (Å²) in [6, 6.07) is 6.14. The van der Waals surface area contributed by atoms with Gasteiger partial charge in [0.1, 0.15) is 6.07 Å². The smallest absolute Gasteiger partial charge is 0.163 e. The molecule has 0 bridgehead atoms. The van der Waals surface area contributed by atoms with Crippen molar-refractivity contribution in [2.75, 3.05) is 18.0 Å². The highest BCUT2D eigenvalue weighted by molar-refractivity contribution is 5.55. The van der Waals surface area contributed by atoms with Gasteiger partial charge in [-0.25, -0.2) is 4.98 Å². The van der Waals surface area contributed by atoms with Gasteiger partial charge >= 0.3 is 0 Å². The summed E-state index contributed by atoms with van der Waals surface area (Å²) in [7, 11) is 0. The normalized spacial score (nSPS) is 20.7. The average Bonchev–Trinajstić information content (AvgIpc) is 2.64. The van der Waals surface area contributed by atoms with Crippen LogP contribution in [-0.2, 0) is 0 Å². The number of nitrogens with zero attached hydrogens (tertiary/aromatic N) is 3. The second-order valence-electron chi connectivity index (χ2n) is 6.46. The molecular weight excluding hydrogens is 234 g/mol. The van der Waals surface area contributed by atoms with Gasteiger partial charge in [-0.15, -0.1) is 0 Å². The van der Waals surface area contributed by atoms with Crippen molar-refractivity contribution >= 4 is 5.69 Å². The lowest BCUT2D eigenvalue weighted by Gasteiger charge is -2.30. The Morgan fingerprint density at radius 3 is 2.79 bits per heavy atom. The van der Waals surface area contributed by atoms with Crippen molar-refractivity contribution in [3.8, 4) is 6.07 Å². The predicted octanol–water partition coefficient (Wildman–Crippen LogP) is 3.61. The molecule has 1 aromatic heterocycles. The summed E-state index contributed by atoms with van der Waals surface area (Å²) in [5.41, 5.74) is 1.93. The van der Waals surface area contributed by atoms with E-state index in [9.17, 15) is 0 Å². The van der Waals surface area contributed by atoms with Crippen LogP contribution in [0.4, 0.5) is 5.69 Å². The molecule has 2 rings (SSSR count). The Labute approximate surface area is 116 Å². The molecule has 0 aliphatic carbocycles. The number of hydrogen-bond acceptors (Lipinski definition) is 3. The van der Waals surface area contributed by atoms with Gasteiger partial charge in [0.25, 0.3) is 0 Å². The molecule has 0 saturated carbocycles. The van der Waals surface area contributed by atoms with Crippen molar-refractivity contribution in [2.24, 2.45) is 11.3 Å². The Kier molecular flexibility index (Phi) is 4.09. The highest BCUT2D eigenvalue weighted by Gasteiger charge is 2.27. The molecule has 1 saturated heterocycles. The summed E-state index contributed by atoms with van der Waals surface area (Å²) < 4.78 is 0. The van der Waals surface area contributed by atoms with Crippen LogP contribution in [-0.4, -0.2) is 18.1 Å². The average molecular weight is 257 g/mol. The molecule has 1 atom stereocenters. The summed E-state index contributed by atoms with van der Waals surface area (Å²) in [5, 5.41) is 9.16. The molecule has 1 fully saturated rings. The standard InChI is InChI=1S/C16H23N3/c1-16(2,3)13-6-5-10-19(11-8-13)15-7-4-9-18-14(15)12-17/h4,7,9,13H,5-6,8,10-11H2,1-3H3. The van der Waals surface area contributed by atoms with Gasteiger partial charge in [0, 0.05) is 19.3 Å². The fraction of sp³-hybridized carbons (Fsp3) is 0.625. The van der Waals surface area contributed by atoms with E-state index in [2.05, 4.69) is 36.7 Å². The molecule has 0 N–H and O–H groups in total. The van der Waals surface area contributed by atoms with Crippen molar-refractivity contribution in [1.82, 2.24) is 4.98 Å². The minimum atomic E-state index is 0.378. The summed E-state index contributed by atoms with van der Waals surface area (Å²) in [4.78, 5) is 6.50. The van der Waals surface area contributed by atoms with Crippen LogP contribution in [0.3, 0.4) is 0 Å². The van der Waals surface area contributed by atoms with E-state index in [0.717, 1.165) is 24.7 Å². The van der Waals surface area contributed by atoms with Gasteiger partial charge in [0.15, 0.2) is 5.69 Å². The first-order valence-electron chi connectivity index (χ1n) is 7.12. The molecule has 3 heteroatoms. The van der Waals surface area contributed by atoms with Crippen LogP contribution >= 0.6 is 0 Å². The fourth-order valence-corrected chi connectivity index (χ4v) is 2.94. The number of rotatable bonds is 1. The highest BCUT2D eigenvalue weighted by Crippen LogP contribution is 2.35. The minimum Gasteiger partial charge on any atom is -0.369 e. The molecule has 1 aliphatic heterocycles. The molecule has 3 nitrogen and oxygen atoms in total. The van der Waals surface area contributed by atoms with Crippen molar-refractivity contribution in [3.63, 3.8) is 0 Å². The molecule has 1 aliphatic rings. The number of anilines is 1. The molecular formula is C16H23N3. The second kappa shape index (κ2) is 5.61. The van der Waals surface area contributed by atoms with Crippen LogP contribution in [0.2, 0.25) is 0 Å². The molecule has 1 unspecified atom stereocenters. The zero-order chi connectivity index (χ0) is 13.9. The molecule has 0 spiro atoms. The zero-order valence-corrected chi connectivity index (χ0v) is 12.2. The largest absolute Gasteiger partial charge is 0.369 e. The number of hydrogen-bond donors (Lipinski definition) is 0. The van der Waals surface area contributed by atoms with Crippen LogP contribution < -0.4 is 4.90 Å². The third-order valence-electron chi connectivity index (χ3n) is 4.19. The van der Waals surface area contributed by atoms with Crippen molar-refractivity contribution in [1.29, 1.82) is 5.26 Å². The minimum absolute atomic E-state index is 0.378. The van der Waals surface area contributed by atoms with E-state index in [0.29, 0.717) is 11.1 Å². The molecule has 0 radical (unpaired) electrons. The Balaban J connectivity index is 2.14. The lowest BCUT2D eigenvalue weighted by molar-refractivity contribution is 0.220. The molecule has 19 heavy (non-hydrogen) atoms. The van der Waals surface area contributed by atoms with E-state index in [-0.39, 0.29) is 0 Å². The number of nitriles is 1. The Morgan fingerprint density at radius 2 is 2.11 bits per heavy atom. The Hall–Kier alpha value is -1.56. The van der Waals surface area contributed by atoms with Crippen molar-refractivity contribution in [3.05, 3.63) is 24.0 Å². The first-order chi connectivity index (χ1) is 9.02. The quantitative estimate of drug-likeness (QED) is 0.771. The van der Waals surface area contributed by atoms with Crippen LogP contribution in [0.5, 0.6) is 0 Å². The number of aromatic nitrogens is 1. The molecule has 0 amide bonds. The van der Waals surface area contributed by atoms with E-state index >= 15 is 0 Å². The van der Waals surface area contributed by atoms with Gasteiger partial charge < -0.3 is 4.90 Å². The maximum atomic E-state index is 9.16. The van der Waals surface area contributed by atoms with Gasteiger partial charge in [-0.3, -0.25) is 0 Å². The predicted molar refractivity (Wildman–Crippen MR) is 78.0 cm³/mol. The maximum Gasteiger partial charge on any atom is 0.163 e. The van der Waals surface area contributed by atoms with Crippen LogP contribution in [0.15, 0.2) is 18.3 Å². The van der Waals surface area contributed by atoms with Gasteiger partial charge in [-0.05, 0) is 42.7 Å². The van der Waals surface area contributed by atoms with E-state index in [1.54, 1.807) is 6.20 Å². The molecule has 102 valence electrons. The Morgan fingerprint density at radius 1 is 1.32 bits per heavy atom. The van der Waals surface area contributed by atoms with Crippen molar-refractivity contribution < 1.29 is 0 Å². The van der Waals surface area contributed by atoms with Gasteiger partial charge in [0.05, 0.1) is 5.69 Å². The topological polar surface area (TPSA) is 39.9 Å². The summed E-state index contributed by atoms with van der Waals surface area (Å²) in [6.07, 6.45) is 5.37. The van der Waals surface area contributed by atoms with E-state index in [1.165, 1.54) is 19.3 Å². The highest BCUT2D eigenvalue weighted by atomic mass is 15.1. The van der Waals surface area contributed by atoms with Gasteiger partial charge in [0.2, 0.25) is 0 Å². The molecule has 0 aromatic carbocycles. The monoisotopic (exact) mass is 257 g/mol. The zero-order valence-electron chi connectivity index (χ0n) is 12.2. The molecule has 1 aromatic rings. The summed E-state index contributed by atoms with van der Waals surface area (Å²) in [6.45, 7) is 9.06. The maximum absolute atomic E-state index is 9.16. The SMILES string of the molecule is CC(C)(C)C1CCCN(c2cccnc2C#N)CC1.